The smallest absolute Gasteiger partial charge is 0.233 e. The van der Waals surface area contributed by atoms with Crippen LogP contribution >= 0.6 is 11.8 Å². The number of aromatic nitrogens is 1. The van der Waals surface area contributed by atoms with Gasteiger partial charge in [0.05, 0.1) is 11.9 Å². The highest BCUT2D eigenvalue weighted by Crippen LogP contribution is 2.38. The predicted octanol–water partition coefficient (Wildman–Crippen LogP) is 1.83. The van der Waals surface area contributed by atoms with Crippen LogP contribution in [0.25, 0.3) is 0 Å². The fourth-order valence-electron chi connectivity index (χ4n) is 2.46. The first kappa shape index (κ1) is 12.0. The summed E-state index contributed by atoms with van der Waals surface area (Å²) in [5.41, 5.74) is 1.10. The summed E-state index contributed by atoms with van der Waals surface area (Å²) in [6.07, 6.45) is 5.99. The number of thioether (sulfide) groups is 1. The van der Waals surface area contributed by atoms with Crippen LogP contribution in [0.3, 0.4) is 0 Å². The summed E-state index contributed by atoms with van der Waals surface area (Å²) in [7, 11) is 0. The minimum absolute atomic E-state index is 0.107. The fourth-order valence-corrected chi connectivity index (χ4v) is 3.64. The SMILES string of the molecule is O=C1CSC(c2cccnc2)N1CC1CCCO1. The Morgan fingerprint density at radius 3 is 3.22 bits per heavy atom. The molecule has 0 bridgehead atoms. The number of hydrogen-bond donors (Lipinski definition) is 0. The summed E-state index contributed by atoms with van der Waals surface area (Å²) in [6, 6.07) is 3.95. The van der Waals surface area contributed by atoms with Gasteiger partial charge in [-0.15, -0.1) is 11.8 Å². The Hall–Kier alpha value is -1.07. The van der Waals surface area contributed by atoms with E-state index in [2.05, 4.69) is 4.98 Å². The maximum Gasteiger partial charge on any atom is 0.233 e. The summed E-state index contributed by atoms with van der Waals surface area (Å²) < 4.78 is 5.63. The molecule has 1 amide bonds. The lowest BCUT2D eigenvalue weighted by atomic mass is 10.2. The highest BCUT2D eigenvalue weighted by Gasteiger charge is 2.35. The van der Waals surface area contributed by atoms with Crippen molar-refractivity contribution in [1.82, 2.24) is 9.88 Å². The number of carbonyl (C=O) groups excluding carboxylic acids is 1. The molecular weight excluding hydrogens is 248 g/mol. The van der Waals surface area contributed by atoms with Crippen LogP contribution in [0.1, 0.15) is 23.8 Å². The first-order valence-electron chi connectivity index (χ1n) is 6.27. The molecule has 0 aromatic carbocycles. The van der Waals surface area contributed by atoms with Gasteiger partial charge in [0.25, 0.3) is 0 Å². The van der Waals surface area contributed by atoms with E-state index >= 15 is 0 Å². The monoisotopic (exact) mass is 264 g/mol. The van der Waals surface area contributed by atoms with Crippen LogP contribution in [0.2, 0.25) is 0 Å². The van der Waals surface area contributed by atoms with Crippen molar-refractivity contribution < 1.29 is 9.53 Å². The van der Waals surface area contributed by atoms with Crippen molar-refractivity contribution in [1.29, 1.82) is 0 Å². The molecular formula is C13H16N2O2S. The van der Waals surface area contributed by atoms with E-state index in [1.54, 1.807) is 18.0 Å². The number of hydrogen-bond acceptors (Lipinski definition) is 4. The molecule has 0 spiro atoms. The van der Waals surface area contributed by atoms with Gasteiger partial charge >= 0.3 is 0 Å². The molecule has 4 nitrogen and oxygen atoms in total. The minimum atomic E-state index is 0.107. The summed E-state index contributed by atoms with van der Waals surface area (Å²) in [4.78, 5) is 18.1. The number of ether oxygens (including phenoxy) is 1. The molecule has 96 valence electrons. The molecule has 2 saturated heterocycles. The predicted molar refractivity (Wildman–Crippen MR) is 70.1 cm³/mol. The zero-order valence-corrected chi connectivity index (χ0v) is 10.9. The molecule has 2 aliphatic rings. The quantitative estimate of drug-likeness (QED) is 0.835. The highest BCUT2D eigenvalue weighted by atomic mass is 32.2. The zero-order chi connectivity index (χ0) is 12.4. The van der Waals surface area contributed by atoms with Gasteiger partial charge < -0.3 is 9.64 Å². The lowest BCUT2D eigenvalue weighted by Crippen LogP contribution is -2.35. The lowest BCUT2D eigenvalue weighted by molar-refractivity contribution is -0.129. The van der Waals surface area contributed by atoms with Gasteiger partial charge in [0.2, 0.25) is 5.91 Å². The molecule has 1 aromatic rings. The van der Waals surface area contributed by atoms with Crippen LogP contribution in [0.15, 0.2) is 24.5 Å². The van der Waals surface area contributed by atoms with E-state index in [9.17, 15) is 4.79 Å². The van der Waals surface area contributed by atoms with Crippen molar-refractivity contribution in [3.8, 4) is 0 Å². The number of amides is 1. The number of pyridine rings is 1. The largest absolute Gasteiger partial charge is 0.376 e. The average Bonchev–Trinajstić information content (AvgIpc) is 3.03. The third-order valence-electron chi connectivity index (χ3n) is 3.36. The number of carbonyl (C=O) groups is 1. The van der Waals surface area contributed by atoms with Crippen molar-refractivity contribution in [2.24, 2.45) is 0 Å². The van der Waals surface area contributed by atoms with Gasteiger partial charge in [0, 0.05) is 31.1 Å². The first-order chi connectivity index (χ1) is 8.84. The van der Waals surface area contributed by atoms with Crippen molar-refractivity contribution in [3.05, 3.63) is 30.1 Å². The van der Waals surface area contributed by atoms with Crippen LogP contribution in [0.4, 0.5) is 0 Å². The van der Waals surface area contributed by atoms with Gasteiger partial charge in [-0.1, -0.05) is 6.07 Å². The van der Waals surface area contributed by atoms with E-state index in [1.807, 2.05) is 23.2 Å². The third kappa shape index (κ3) is 2.37. The van der Waals surface area contributed by atoms with Crippen LogP contribution < -0.4 is 0 Å². The Labute approximate surface area is 111 Å². The summed E-state index contributed by atoms with van der Waals surface area (Å²) >= 11 is 1.68. The van der Waals surface area contributed by atoms with Crippen molar-refractivity contribution in [2.75, 3.05) is 18.9 Å². The van der Waals surface area contributed by atoms with Crippen molar-refractivity contribution in [3.63, 3.8) is 0 Å². The Kier molecular flexibility index (Phi) is 3.52. The Morgan fingerprint density at radius 2 is 2.50 bits per heavy atom. The fraction of sp³-hybridized carbons (Fsp3) is 0.538. The van der Waals surface area contributed by atoms with Gasteiger partial charge in [-0.2, -0.15) is 0 Å². The van der Waals surface area contributed by atoms with Gasteiger partial charge in [0.1, 0.15) is 5.37 Å². The van der Waals surface area contributed by atoms with E-state index < -0.39 is 0 Å². The van der Waals surface area contributed by atoms with Gasteiger partial charge in [-0.3, -0.25) is 9.78 Å². The molecule has 5 heteroatoms. The van der Waals surface area contributed by atoms with Crippen molar-refractivity contribution in [2.45, 2.75) is 24.3 Å². The molecule has 0 N–H and O–H groups in total. The molecule has 18 heavy (non-hydrogen) atoms. The standard InChI is InChI=1S/C13H16N2O2S/c16-12-9-18-13(10-3-1-5-14-7-10)15(12)8-11-4-2-6-17-11/h1,3,5,7,11,13H,2,4,6,8-9H2. The Balaban J connectivity index is 1.74. The van der Waals surface area contributed by atoms with Crippen molar-refractivity contribution >= 4 is 17.7 Å². The molecule has 3 heterocycles. The molecule has 0 radical (unpaired) electrons. The highest BCUT2D eigenvalue weighted by molar-refractivity contribution is 8.00. The molecule has 3 rings (SSSR count). The van der Waals surface area contributed by atoms with Gasteiger partial charge in [0.15, 0.2) is 0 Å². The van der Waals surface area contributed by atoms with Gasteiger partial charge in [-0.05, 0) is 18.9 Å². The van der Waals surface area contributed by atoms with Crippen LogP contribution in [-0.2, 0) is 9.53 Å². The maximum atomic E-state index is 12.0. The van der Waals surface area contributed by atoms with E-state index in [0.717, 1.165) is 25.0 Å². The molecule has 0 aliphatic carbocycles. The normalized spacial score (nSPS) is 28.0. The van der Waals surface area contributed by atoms with Crippen LogP contribution in [0, 0.1) is 0 Å². The third-order valence-corrected chi connectivity index (χ3v) is 4.62. The zero-order valence-electron chi connectivity index (χ0n) is 10.1. The average molecular weight is 264 g/mol. The van der Waals surface area contributed by atoms with Crippen LogP contribution in [-0.4, -0.2) is 40.8 Å². The molecule has 0 saturated carbocycles. The van der Waals surface area contributed by atoms with E-state index in [-0.39, 0.29) is 17.4 Å². The number of rotatable bonds is 3. The molecule has 2 aliphatic heterocycles. The molecule has 2 unspecified atom stereocenters. The van der Waals surface area contributed by atoms with E-state index in [0.29, 0.717) is 12.3 Å². The topological polar surface area (TPSA) is 42.4 Å². The lowest BCUT2D eigenvalue weighted by Gasteiger charge is -2.26. The van der Waals surface area contributed by atoms with Gasteiger partial charge in [-0.25, -0.2) is 0 Å². The first-order valence-corrected chi connectivity index (χ1v) is 7.32. The molecule has 1 aromatic heterocycles. The van der Waals surface area contributed by atoms with E-state index in [1.165, 1.54) is 0 Å². The van der Waals surface area contributed by atoms with Crippen LogP contribution in [0.5, 0.6) is 0 Å². The molecule has 2 fully saturated rings. The maximum absolute atomic E-state index is 12.0. The Bertz CT molecular complexity index is 420. The van der Waals surface area contributed by atoms with E-state index in [4.69, 9.17) is 4.74 Å². The summed E-state index contributed by atoms with van der Waals surface area (Å²) in [6.45, 7) is 1.54. The minimum Gasteiger partial charge on any atom is -0.376 e. The second-order valence-electron chi connectivity index (χ2n) is 4.63. The second-order valence-corrected chi connectivity index (χ2v) is 5.70. The summed E-state index contributed by atoms with van der Waals surface area (Å²) in [5.74, 6) is 0.774. The molecule has 2 atom stereocenters. The second kappa shape index (κ2) is 5.28. The summed E-state index contributed by atoms with van der Waals surface area (Å²) in [5, 5.41) is 0.107. The number of nitrogens with zero attached hydrogens (tertiary/aromatic N) is 2. The Morgan fingerprint density at radius 1 is 1.56 bits per heavy atom.